The largest absolute Gasteiger partial charge is 0.478 e. The van der Waals surface area contributed by atoms with Gasteiger partial charge in [-0.25, -0.2) is 9.78 Å². The minimum Gasteiger partial charge on any atom is -0.478 e. The maximum atomic E-state index is 12.5. The van der Waals surface area contributed by atoms with Crippen LogP contribution in [0.1, 0.15) is 77.6 Å². The number of anilines is 1. The molecule has 0 radical (unpaired) electrons. The number of halogens is 2. The third-order valence-corrected chi connectivity index (χ3v) is 9.62. The molecule has 10 heteroatoms. The second-order valence-corrected chi connectivity index (χ2v) is 12.6. The monoisotopic (exact) mass is 585 g/mol. The van der Waals surface area contributed by atoms with Crippen molar-refractivity contribution in [1.29, 1.82) is 0 Å². The van der Waals surface area contributed by atoms with E-state index in [0.29, 0.717) is 51.9 Å². The van der Waals surface area contributed by atoms with Gasteiger partial charge in [0, 0.05) is 55.0 Å². The van der Waals surface area contributed by atoms with Gasteiger partial charge in [-0.2, -0.15) is 0 Å². The van der Waals surface area contributed by atoms with E-state index in [4.69, 9.17) is 28.2 Å². The molecule has 0 bridgehead atoms. The fourth-order valence-corrected chi connectivity index (χ4v) is 7.36. The fourth-order valence-electron chi connectivity index (χ4n) is 6.91. The molecule has 6 rings (SSSR count). The second kappa shape index (κ2) is 11.8. The van der Waals surface area contributed by atoms with Crippen molar-refractivity contribution >= 4 is 40.9 Å². The molecular formula is C30H37Cl2N5O3. The minimum atomic E-state index is -0.931. The number of carbonyl (C=O) groups is 2. The first kappa shape index (κ1) is 27.8. The summed E-state index contributed by atoms with van der Waals surface area (Å²) < 4.78 is 0. The number of piperidine rings is 1. The Kier molecular flexibility index (Phi) is 8.22. The number of carboxylic acid groups (broad SMARTS) is 1. The quantitative estimate of drug-likeness (QED) is 0.468. The number of benzene rings is 1. The van der Waals surface area contributed by atoms with Crippen LogP contribution in [0.25, 0.3) is 0 Å². The number of rotatable bonds is 7. The van der Waals surface area contributed by atoms with Gasteiger partial charge >= 0.3 is 5.97 Å². The number of piperazine rings is 1. The van der Waals surface area contributed by atoms with Crippen molar-refractivity contribution < 1.29 is 14.7 Å². The molecule has 1 amide bonds. The first-order chi connectivity index (χ1) is 19.4. The molecule has 0 spiro atoms. The normalized spacial score (nSPS) is 24.5. The number of pyridine rings is 1. The zero-order chi connectivity index (χ0) is 27.8. The molecule has 1 aromatic heterocycles. The lowest BCUT2D eigenvalue weighted by molar-refractivity contribution is 0.0299. The number of carbonyl (C=O) groups excluding carboxylic acids is 1. The van der Waals surface area contributed by atoms with Crippen molar-refractivity contribution in [1.82, 2.24) is 20.1 Å². The van der Waals surface area contributed by atoms with Crippen LogP contribution in [0.15, 0.2) is 30.5 Å². The Labute approximate surface area is 245 Å². The third-order valence-electron chi connectivity index (χ3n) is 9.11. The molecule has 4 fully saturated rings. The molecule has 2 aliphatic carbocycles. The molecule has 2 saturated heterocycles. The van der Waals surface area contributed by atoms with E-state index in [1.807, 2.05) is 6.07 Å². The van der Waals surface area contributed by atoms with Crippen molar-refractivity contribution in [2.75, 3.05) is 31.1 Å². The summed E-state index contributed by atoms with van der Waals surface area (Å²) in [5.41, 5.74) is 1.64. The van der Waals surface area contributed by atoms with Gasteiger partial charge in [-0.05, 0) is 75.4 Å². The summed E-state index contributed by atoms with van der Waals surface area (Å²) in [5, 5.41) is 13.6. The van der Waals surface area contributed by atoms with Crippen molar-refractivity contribution in [3.8, 4) is 0 Å². The zero-order valence-corrected chi connectivity index (χ0v) is 24.2. The summed E-state index contributed by atoms with van der Waals surface area (Å²) in [6.45, 7) is 4.36. The van der Waals surface area contributed by atoms with Gasteiger partial charge in [0.1, 0.15) is 5.82 Å². The van der Waals surface area contributed by atoms with Gasteiger partial charge in [-0.1, -0.05) is 42.1 Å². The lowest BCUT2D eigenvalue weighted by Crippen LogP contribution is -2.64. The van der Waals surface area contributed by atoms with E-state index >= 15 is 0 Å². The summed E-state index contributed by atoms with van der Waals surface area (Å²) >= 11 is 12.8. The number of carboxylic acids is 1. The van der Waals surface area contributed by atoms with Crippen LogP contribution in [-0.2, 0) is 6.54 Å². The van der Waals surface area contributed by atoms with Crippen LogP contribution in [0.5, 0.6) is 0 Å². The van der Waals surface area contributed by atoms with E-state index in [2.05, 4.69) is 20.0 Å². The lowest BCUT2D eigenvalue weighted by Gasteiger charge is -2.54. The van der Waals surface area contributed by atoms with Crippen molar-refractivity contribution in [3.63, 3.8) is 0 Å². The molecule has 1 aromatic carbocycles. The van der Waals surface area contributed by atoms with Crippen LogP contribution in [0.4, 0.5) is 5.82 Å². The van der Waals surface area contributed by atoms with Crippen LogP contribution in [0, 0.1) is 0 Å². The standard InChI is InChI=1S/C30H37Cl2N5O3/c31-21-6-5-19(24(16-21)30(39)40)18-35-11-9-23(10-12-35)36-13-14-37(27-4-2-1-3-26(27)36)28-25(32)15-20(17-33-28)29(38)34-22-7-8-22/h5-6,15-17,22-23,26-27H,1-4,7-14,18H2,(H,34,38)(H,39,40)/t26-,27+/m1/s1. The third kappa shape index (κ3) is 5.96. The number of aromatic carboxylic acids is 1. The minimum absolute atomic E-state index is 0.0922. The van der Waals surface area contributed by atoms with E-state index in [-0.39, 0.29) is 5.91 Å². The Balaban J connectivity index is 1.10. The zero-order valence-electron chi connectivity index (χ0n) is 22.7. The molecule has 2 saturated carbocycles. The molecule has 40 heavy (non-hydrogen) atoms. The fraction of sp³-hybridized carbons (Fsp3) is 0.567. The van der Waals surface area contributed by atoms with Crippen LogP contribution < -0.4 is 10.2 Å². The van der Waals surface area contributed by atoms with Gasteiger partial charge in [0.15, 0.2) is 0 Å². The average Bonchev–Trinajstić information content (AvgIpc) is 3.78. The summed E-state index contributed by atoms with van der Waals surface area (Å²) in [7, 11) is 0. The van der Waals surface area contributed by atoms with Gasteiger partial charge < -0.3 is 15.3 Å². The van der Waals surface area contributed by atoms with Crippen LogP contribution in [0.3, 0.4) is 0 Å². The number of amides is 1. The molecule has 4 aliphatic rings. The van der Waals surface area contributed by atoms with Gasteiger partial charge in [0.05, 0.1) is 16.1 Å². The Hall–Kier alpha value is -2.39. The highest BCUT2D eigenvalue weighted by Gasteiger charge is 2.42. The Bertz CT molecular complexity index is 1260. The predicted molar refractivity (Wildman–Crippen MR) is 157 cm³/mol. The van der Waals surface area contributed by atoms with E-state index < -0.39 is 5.97 Å². The van der Waals surface area contributed by atoms with Gasteiger partial charge in [0.2, 0.25) is 0 Å². The Morgan fingerprint density at radius 3 is 2.40 bits per heavy atom. The summed E-state index contributed by atoms with van der Waals surface area (Å²) in [5.74, 6) is -0.224. The molecule has 2 N–H and O–H groups in total. The molecule has 8 nitrogen and oxygen atoms in total. The summed E-state index contributed by atoms with van der Waals surface area (Å²) in [4.78, 5) is 36.4. The number of fused-ring (bicyclic) bond motifs is 1. The first-order valence-electron chi connectivity index (χ1n) is 14.6. The number of hydrogen-bond acceptors (Lipinski definition) is 6. The molecule has 0 unspecified atom stereocenters. The van der Waals surface area contributed by atoms with E-state index in [9.17, 15) is 14.7 Å². The number of hydrogen-bond donors (Lipinski definition) is 2. The van der Waals surface area contributed by atoms with Crippen LogP contribution in [0.2, 0.25) is 10.0 Å². The number of aromatic nitrogens is 1. The van der Waals surface area contributed by atoms with Gasteiger partial charge in [0.25, 0.3) is 5.91 Å². The SMILES string of the molecule is O=C(NC1CC1)c1cnc(N2CCN(C3CCN(Cc4ccc(Cl)cc4C(=O)O)CC3)[C@@H]3CCCC[C@@H]32)c(Cl)c1. The van der Waals surface area contributed by atoms with Crippen LogP contribution in [-0.4, -0.2) is 82.1 Å². The predicted octanol–water partition coefficient (Wildman–Crippen LogP) is 5.08. The van der Waals surface area contributed by atoms with Crippen LogP contribution >= 0.6 is 23.2 Å². The second-order valence-electron chi connectivity index (χ2n) is 11.7. The van der Waals surface area contributed by atoms with Crippen molar-refractivity contribution in [3.05, 3.63) is 57.2 Å². The van der Waals surface area contributed by atoms with E-state index in [1.165, 1.54) is 19.3 Å². The Morgan fingerprint density at radius 1 is 0.950 bits per heavy atom. The highest BCUT2D eigenvalue weighted by Crippen LogP contribution is 2.38. The maximum absolute atomic E-state index is 12.5. The van der Waals surface area contributed by atoms with Crippen molar-refractivity contribution in [2.45, 2.75) is 82.1 Å². The highest BCUT2D eigenvalue weighted by atomic mass is 35.5. The van der Waals surface area contributed by atoms with Crippen molar-refractivity contribution in [2.24, 2.45) is 0 Å². The molecule has 214 valence electrons. The van der Waals surface area contributed by atoms with Gasteiger partial charge in [-0.3, -0.25) is 14.6 Å². The first-order valence-corrected chi connectivity index (χ1v) is 15.4. The van der Waals surface area contributed by atoms with Gasteiger partial charge in [-0.15, -0.1) is 0 Å². The van der Waals surface area contributed by atoms with E-state index in [0.717, 1.165) is 69.7 Å². The highest BCUT2D eigenvalue weighted by molar-refractivity contribution is 6.33. The summed E-state index contributed by atoms with van der Waals surface area (Å²) in [6, 6.07) is 8.59. The molecule has 3 heterocycles. The number of nitrogens with zero attached hydrogens (tertiary/aromatic N) is 4. The average molecular weight is 587 g/mol. The molecule has 2 aromatic rings. The maximum Gasteiger partial charge on any atom is 0.336 e. The topological polar surface area (TPSA) is 89.0 Å². The molecular weight excluding hydrogens is 549 g/mol. The number of nitrogens with one attached hydrogen (secondary N) is 1. The smallest absolute Gasteiger partial charge is 0.336 e. The molecule has 2 aliphatic heterocycles. The molecule has 2 atom stereocenters. The summed E-state index contributed by atoms with van der Waals surface area (Å²) in [6.07, 6.45) is 10.7. The lowest BCUT2D eigenvalue weighted by atomic mass is 9.84. The Morgan fingerprint density at radius 2 is 1.70 bits per heavy atom. The number of likely N-dealkylation sites (tertiary alicyclic amines) is 1. The van der Waals surface area contributed by atoms with E-state index in [1.54, 1.807) is 24.4 Å².